The number of carbonyl (C=O) groups is 2. The average Bonchev–Trinajstić information content (AvgIpc) is 3.19. The van der Waals surface area contributed by atoms with Gasteiger partial charge >= 0.3 is 5.97 Å². The number of aryl methyl sites for hydroxylation is 2. The van der Waals surface area contributed by atoms with Crippen LogP contribution in [0.1, 0.15) is 32.5 Å². The summed E-state index contributed by atoms with van der Waals surface area (Å²) in [6.07, 6.45) is -1.05. The maximum Gasteiger partial charge on any atom is 0.349 e. The molecule has 0 spiro atoms. The highest BCUT2D eigenvalue weighted by molar-refractivity contribution is 7.20. The van der Waals surface area contributed by atoms with Gasteiger partial charge in [-0.05, 0) is 48.6 Å². The van der Waals surface area contributed by atoms with E-state index in [1.54, 1.807) is 18.2 Å². The molecule has 4 aromatic rings. The highest BCUT2D eigenvalue weighted by atomic mass is 32.1. The Morgan fingerprint density at radius 3 is 2.40 bits per heavy atom. The summed E-state index contributed by atoms with van der Waals surface area (Å²) in [6.45, 7) is 3.89. The first kappa shape index (κ1) is 19.9. The summed E-state index contributed by atoms with van der Waals surface area (Å²) in [5, 5.41) is 3.90. The number of benzene rings is 3. The van der Waals surface area contributed by atoms with Crippen molar-refractivity contribution < 1.29 is 14.3 Å². The van der Waals surface area contributed by atoms with Crippen molar-refractivity contribution >= 4 is 39.0 Å². The number of esters is 1. The lowest BCUT2D eigenvalue weighted by molar-refractivity contribution is -0.125. The summed E-state index contributed by atoms with van der Waals surface area (Å²) >= 11 is 1.36. The van der Waals surface area contributed by atoms with Gasteiger partial charge in [-0.1, -0.05) is 60.7 Å². The van der Waals surface area contributed by atoms with Gasteiger partial charge in [-0.3, -0.25) is 4.79 Å². The van der Waals surface area contributed by atoms with E-state index in [-0.39, 0.29) is 5.91 Å². The van der Waals surface area contributed by atoms with Crippen LogP contribution in [0, 0.1) is 13.8 Å². The Bertz CT molecular complexity index is 1180. The third kappa shape index (κ3) is 4.26. The summed E-state index contributed by atoms with van der Waals surface area (Å²) in [5.41, 5.74) is 3.31. The number of thiophene rings is 1. The first-order valence-electron chi connectivity index (χ1n) is 9.64. The smallest absolute Gasteiger partial charge is 0.349 e. The monoisotopic (exact) mass is 415 g/mol. The Balaban J connectivity index is 1.62. The first-order chi connectivity index (χ1) is 14.5. The van der Waals surface area contributed by atoms with Gasteiger partial charge in [0.25, 0.3) is 5.91 Å². The van der Waals surface area contributed by atoms with Gasteiger partial charge in [0.1, 0.15) is 4.88 Å². The minimum atomic E-state index is -1.05. The van der Waals surface area contributed by atoms with Crippen LogP contribution in [0.25, 0.3) is 10.1 Å². The van der Waals surface area contributed by atoms with Gasteiger partial charge in [-0.25, -0.2) is 4.79 Å². The van der Waals surface area contributed by atoms with E-state index in [0.29, 0.717) is 16.1 Å². The molecule has 1 atom stereocenters. The van der Waals surface area contributed by atoms with Crippen LogP contribution in [-0.2, 0) is 9.53 Å². The van der Waals surface area contributed by atoms with Gasteiger partial charge < -0.3 is 10.1 Å². The van der Waals surface area contributed by atoms with Gasteiger partial charge in [0, 0.05) is 16.0 Å². The van der Waals surface area contributed by atoms with E-state index in [0.717, 1.165) is 21.2 Å². The fourth-order valence-electron chi connectivity index (χ4n) is 3.22. The van der Waals surface area contributed by atoms with Crippen molar-refractivity contribution in [2.75, 3.05) is 5.32 Å². The zero-order valence-electron chi connectivity index (χ0n) is 16.7. The summed E-state index contributed by atoms with van der Waals surface area (Å²) < 4.78 is 6.72. The molecule has 4 nitrogen and oxygen atoms in total. The molecule has 1 heterocycles. The molecule has 0 unspecified atom stereocenters. The number of ether oxygens (including phenoxy) is 1. The molecule has 0 saturated heterocycles. The molecule has 4 rings (SSSR count). The van der Waals surface area contributed by atoms with Gasteiger partial charge in [0.15, 0.2) is 0 Å². The van der Waals surface area contributed by atoms with Crippen molar-refractivity contribution in [1.29, 1.82) is 0 Å². The Morgan fingerprint density at radius 2 is 1.63 bits per heavy atom. The third-order valence-electron chi connectivity index (χ3n) is 4.84. The molecule has 5 heteroatoms. The lowest BCUT2D eigenvalue weighted by Crippen LogP contribution is -2.26. The summed E-state index contributed by atoms with van der Waals surface area (Å²) in [5.74, 6) is -0.898. The van der Waals surface area contributed by atoms with Crippen molar-refractivity contribution in [1.82, 2.24) is 0 Å². The van der Waals surface area contributed by atoms with Crippen LogP contribution >= 0.6 is 11.3 Å². The molecule has 1 amide bonds. The Kier molecular flexibility index (Phi) is 5.63. The normalized spacial score (nSPS) is 11.8. The Hall–Kier alpha value is -3.44. The summed E-state index contributed by atoms with van der Waals surface area (Å²) in [6, 6.07) is 24.5. The lowest BCUT2D eigenvalue weighted by atomic mass is 10.1. The highest BCUT2D eigenvalue weighted by Crippen LogP contribution is 2.29. The van der Waals surface area contributed by atoms with Crippen LogP contribution < -0.4 is 5.32 Å². The molecule has 0 bridgehead atoms. The molecule has 30 heavy (non-hydrogen) atoms. The van der Waals surface area contributed by atoms with Gasteiger partial charge in [0.05, 0.1) is 0 Å². The SMILES string of the molecule is Cc1ccc(C)c(NC(=O)[C@@H](OC(=O)c2cc3ccccc3s2)c2ccccc2)c1. The first-order valence-corrected chi connectivity index (χ1v) is 10.5. The van der Waals surface area contributed by atoms with E-state index in [9.17, 15) is 9.59 Å². The summed E-state index contributed by atoms with van der Waals surface area (Å²) in [4.78, 5) is 26.5. The molecular formula is C25H21NO3S. The second kappa shape index (κ2) is 8.51. The molecule has 1 aromatic heterocycles. The zero-order valence-corrected chi connectivity index (χ0v) is 17.5. The fraction of sp³-hybridized carbons (Fsp3) is 0.120. The van der Waals surface area contributed by atoms with Crippen LogP contribution in [0.5, 0.6) is 0 Å². The molecule has 3 aromatic carbocycles. The number of amides is 1. The van der Waals surface area contributed by atoms with E-state index in [2.05, 4.69) is 5.32 Å². The topological polar surface area (TPSA) is 55.4 Å². The van der Waals surface area contributed by atoms with E-state index in [1.165, 1.54) is 11.3 Å². The second-order valence-corrected chi connectivity index (χ2v) is 8.24. The van der Waals surface area contributed by atoms with Crippen molar-refractivity contribution in [2.45, 2.75) is 20.0 Å². The molecular weight excluding hydrogens is 394 g/mol. The standard InChI is InChI=1S/C25H21NO3S/c1-16-12-13-17(2)20(14-16)26-24(27)23(18-8-4-3-5-9-18)29-25(28)22-15-19-10-6-7-11-21(19)30-22/h3-15,23H,1-2H3,(H,26,27)/t23-/m0/s1. The third-order valence-corrected chi connectivity index (χ3v) is 5.94. The van der Waals surface area contributed by atoms with E-state index >= 15 is 0 Å². The number of anilines is 1. The van der Waals surface area contributed by atoms with Crippen molar-refractivity contribution in [3.05, 3.63) is 100 Å². The molecule has 1 N–H and O–H groups in total. The fourth-order valence-corrected chi connectivity index (χ4v) is 4.16. The van der Waals surface area contributed by atoms with E-state index in [1.807, 2.05) is 74.5 Å². The second-order valence-electron chi connectivity index (χ2n) is 7.15. The van der Waals surface area contributed by atoms with Crippen LogP contribution in [0.4, 0.5) is 5.69 Å². The highest BCUT2D eigenvalue weighted by Gasteiger charge is 2.27. The quantitative estimate of drug-likeness (QED) is 0.403. The van der Waals surface area contributed by atoms with Crippen molar-refractivity contribution in [3.63, 3.8) is 0 Å². The number of rotatable bonds is 5. The predicted molar refractivity (Wildman–Crippen MR) is 121 cm³/mol. The zero-order chi connectivity index (χ0) is 21.1. The number of fused-ring (bicyclic) bond motifs is 1. The Labute approximate surface area is 179 Å². The van der Waals surface area contributed by atoms with Gasteiger partial charge in [-0.2, -0.15) is 0 Å². The number of carbonyl (C=O) groups excluding carboxylic acids is 2. The van der Waals surface area contributed by atoms with Crippen LogP contribution in [0.15, 0.2) is 78.9 Å². The Morgan fingerprint density at radius 1 is 0.900 bits per heavy atom. The van der Waals surface area contributed by atoms with Crippen LogP contribution in [-0.4, -0.2) is 11.9 Å². The molecule has 0 aliphatic rings. The molecule has 0 saturated carbocycles. The predicted octanol–water partition coefficient (Wildman–Crippen LogP) is 6.05. The molecule has 0 radical (unpaired) electrons. The number of hydrogen-bond acceptors (Lipinski definition) is 4. The van der Waals surface area contributed by atoms with Gasteiger partial charge in [-0.15, -0.1) is 11.3 Å². The molecule has 150 valence electrons. The molecule has 0 fully saturated rings. The maximum absolute atomic E-state index is 13.1. The van der Waals surface area contributed by atoms with Crippen molar-refractivity contribution in [2.24, 2.45) is 0 Å². The number of hydrogen-bond donors (Lipinski definition) is 1. The minimum absolute atomic E-state index is 0.385. The van der Waals surface area contributed by atoms with Crippen LogP contribution in [0.2, 0.25) is 0 Å². The molecule has 0 aliphatic heterocycles. The lowest BCUT2D eigenvalue weighted by Gasteiger charge is -2.18. The van der Waals surface area contributed by atoms with Crippen molar-refractivity contribution in [3.8, 4) is 0 Å². The van der Waals surface area contributed by atoms with Gasteiger partial charge in [0.2, 0.25) is 6.10 Å². The van der Waals surface area contributed by atoms with Crippen LogP contribution in [0.3, 0.4) is 0 Å². The largest absolute Gasteiger partial charge is 0.443 e. The van der Waals surface area contributed by atoms with E-state index < -0.39 is 12.1 Å². The summed E-state index contributed by atoms with van der Waals surface area (Å²) in [7, 11) is 0. The minimum Gasteiger partial charge on any atom is -0.443 e. The maximum atomic E-state index is 13.1. The average molecular weight is 416 g/mol. The number of nitrogens with one attached hydrogen (secondary N) is 1. The van der Waals surface area contributed by atoms with E-state index in [4.69, 9.17) is 4.74 Å². The molecule has 0 aliphatic carbocycles.